The third-order valence-electron chi connectivity index (χ3n) is 0.624. The maximum atomic E-state index is 10.1. The third kappa shape index (κ3) is 2.65. The summed E-state index contributed by atoms with van der Waals surface area (Å²) in [4.78, 5) is 3.31. The van der Waals surface area contributed by atoms with Gasteiger partial charge in [0.1, 0.15) is 0 Å². The number of hydrogen-bond donors (Lipinski definition) is 0. The minimum atomic E-state index is -4.30. The Bertz CT molecular complexity index is 279. The van der Waals surface area contributed by atoms with E-state index in [4.69, 9.17) is 0 Å². The zero-order chi connectivity index (χ0) is 6.91. The van der Waals surface area contributed by atoms with Crippen LogP contribution in [-0.2, 0) is 10.1 Å². The van der Waals surface area contributed by atoms with Crippen molar-refractivity contribution in [2.45, 2.75) is 4.34 Å². The van der Waals surface area contributed by atoms with Crippen LogP contribution in [0.4, 0.5) is 0 Å². The second-order valence-electron chi connectivity index (χ2n) is 1.25. The van der Waals surface area contributed by atoms with Gasteiger partial charge in [0.15, 0.2) is 14.5 Å². The minimum absolute atomic E-state index is 0. The fourth-order valence-corrected chi connectivity index (χ4v) is 1.52. The van der Waals surface area contributed by atoms with Crippen molar-refractivity contribution in [3.05, 3.63) is 11.6 Å². The van der Waals surface area contributed by atoms with Crippen molar-refractivity contribution in [1.29, 1.82) is 0 Å². The van der Waals surface area contributed by atoms with Crippen LogP contribution in [0.5, 0.6) is 0 Å². The van der Waals surface area contributed by atoms with E-state index in [1.807, 2.05) is 0 Å². The van der Waals surface area contributed by atoms with E-state index in [1.54, 1.807) is 0 Å². The molecule has 0 atom stereocenters. The zero-order valence-corrected chi connectivity index (χ0v) is 8.78. The summed E-state index contributed by atoms with van der Waals surface area (Å²) in [6.45, 7) is 0. The average molecular weight is 187 g/mol. The summed E-state index contributed by atoms with van der Waals surface area (Å²) in [5, 5.41) is 1.44. The van der Waals surface area contributed by atoms with Crippen LogP contribution in [-0.4, -0.2) is 18.0 Å². The standard InChI is InChI=1S/C3H3NO3S2.Na/c5-9(6,7)3-4-1-2-8-3;/h1-2H,(H,5,6,7);/q;+1/p-1. The molecule has 0 radical (unpaired) electrons. The quantitative estimate of drug-likeness (QED) is 0.348. The van der Waals surface area contributed by atoms with E-state index in [0.717, 1.165) is 11.3 Å². The first-order chi connectivity index (χ1) is 4.11. The zero-order valence-electron chi connectivity index (χ0n) is 5.14. The average Bonchev–Trinajstić information content (AvgIpc) is 2.08. The molecule has 1 aromatic rings. The second-order valence-corrected chi connectivity index (χ2v) is 3.70. The molecule has 0 bridgehead atoms. The molecule has 1 aromatic heterocycles. The van der Waals surface area contributed by atoms with Crippen molar-refractivity contribution >= 4 is 21.5 Å². The van der Waals surface area contributed by atoms with E-state index in [0.29, 0.717) is 0 Å². The van der Waals surface area contributed by atoms with Crippen molar-refractivity contribution in [2.75, 3.05) is 0 Å². The Hall–Kier alpha value is 0.540. The molecule has 0 aliphatic rings. The first kappa shape index (κ1) is 10.5. The normalized spacial score (nSPS) is 10.5. The summed E-state index contributed by atoms with van der Waals surface area (Å²) in [7, 11) is -4.30. The van der Waals surface area contributed by atoms with Crippen LogP contribution in [0, 0.1) is 0 Å². The fraction of sp³-hybridized carbons (Fsp3) is 0. The maximum Gasteiger partial charge on any atom is 1.00 e. The van der Waals surface area contributed by atoms with Crippen molar-refractivity contribution in [2.24, 2.45) is 0 Å². The van der Waals surface area contributed by atoms with Gasteiger partial charge in [-0.3, -0.25) is 0 Å². The summed E-state index contributed by atoms with van der Waals surface area (Å²) in [5.74, 6) is 0. The monoisotopic (exact) mass is 187 g/mol. The molecular formula is C3H2NNaO3S2. The fourth-order valence-electron chi connectivity index (χ4n) is 0.334. The summed E-state index contributed by atoms with van der Waals surface area (Å²) >= 11 is 0.818. The minimum Gasteiger partial charge on any atom is -0.742 e. The molecule has 0 amide bonds. The van der Waals surface area contributed by atoms with Gasteiger partial charge in [-0.25, -0.2) is 13.4 Å². The van der Waals surface area contributed by atoms with Crippen LogP contribution in [0.3, 0.4) is 0 Å². The first-order valence-corrected chi connectivity index (χ1v) is 4.25. The van der Waals surface area contributed by atoms with Crippen LogP contribution in [0.15, 0.2) is 15.9 Å². The van der Waals surface area contributed by atoms with Gasteiger partial charge in [0, 0.05) is 11.6 Å². The number of rotatable bonds is 1. The Balaban J connectivity index is 0.000000810. The van der Waals surface area contributed by atoms with Gasteiger partial charge >= 0.3 is 29.6 Å². The van der Waals surface area contributed by atoms with Crippen LogP contribution in [0.2, 0.25) is 0 Å². The van der Waals surface area contributed by atoms with Gasteiger partial charge in [0.25, 0.3) is 0 Å². The Kier molecular flexibility index (Phi) is 4.00. The van der Waals surface area contributed by atoms with E-state index in [2.05, 4.69) is 4.98 Å². The van der Waals surface area contributed by atoms with Gasteiger partial charge < -0.3 is 4.55 Å². The van der Waals surface area contributed by atoms with Gasteiger partial charge in [-0.15, -0.1) is 11.3 Å². The van der Waals surface area contributed by atoms with E-state index < -0.39 is 10.1 Å². The molecule has 4 nitrogen and oxygen atoms in total. The largest absolute Gasteiger partial charge is 1.00 e. The molecule has 10 heavy (non-hydrogen) atoms. The molecular weight excluding hydrogens is 185 g/mol. The summed E-state index contributed by atoms with van der Waals surface area (Å²) in [5.41, 5.74) is 0. The van der Waals surface area contributed by atoms with E-state index in [9.17, 15) is 13.0 Å². The van der Waals surface area contributed by atoms with Gasteiger partial charge in [0.05, 0.1) is 0 Å². The van der Waals surface area contributed by atoms with Crippen LogP contribution < -0.4 is 29.6 Å². The molecule has 0 spiro atoms. The maximum absolute atomic E-state index is 10.1. The molecule has 0 fully saturated rings. The van der Waals surface area contributed by atoms with Crippen molar-refractivity contribution < 1.29 is 42.5 Å². The molecule has 7 heteroatoms. The SMILES string of the molecule is O=S(=O)([O-])c1nccs1.[Na+]. The molecule has 0 N–H and O–H groups in total. The molecule has 0 aliphatic carbocycles. The third-order valence-corrected chi connectivity index (χ3v) is 2.62. The Morgan fingerprint density at radius 3 is 2.40 bits per heavy atom. The summed E-state index contributed by atoms with van der Waals surface area (Å²) < 4.78 is 29.9. The molecule has 50 valence electrons. The topological polar surface area (TPSA) is 70.1 Å². The van der Waals surface area contributed by atoms with E-state index in [-0.39, 0.29) is 33.9 Å². The first-order valence-electron chi connectivity index (χ1n) is 1.96. The van der Waals surface area contributed by atoms with Gasteiger partial charge in [0.2, 0.25) is 0 Å². The second kappa shape index (κ2) is 3.80. The van der Waals surface area contributed by atoms with Crippen molar-refractivity contribution in [3.63, 3.8) is 0 Å². The van der Waals surface area contributed by atoms with Gasteiger partial charge in [-0.2, -0.15) is 0 Å². The summed E-state index contributed by atoms with van der Waals surface area (Å²) in [6, 6.07) is 0. The Morgan fingerprint density at radius 1 is 1.60 bits per heavy atom. The van der Waals surface area contributed by atoms with Crippen LogP contribution in [0.25, 0.3) is 0 Å². The molecule has 1 heterocycles. The van der Waals surface area contributed by atoms with Gasteiger partial charge in [-0.1, -0.05) is 0 Å². The van der Waals surface area contributed by atoms with Crippen molar-refractivity contribution in [3.8, 4) is 0 Å². The molecule has 0 saturated heterocycles. The molecule has 0 aliphatic heterocycles. The number of hydrogen-bond acceptors (Lipinski definition) is 5. The Morgan fingerprint density at radius 2 is 2.20 bits per heavy atom. The number of nitrogens with zero attached hydrogens (tertiary/aromatic N) is 1. The van der Waals surface area contributed by atoms with Crippen LogP contribution >= 0.6 is 11.3 Å². The predicted octanol–water partition coefficient (Wildman–Crippen LogP) is -2.95. The predicted molar refractivity (Wildman–Crippen MR) is 30.1 cm³/mol. The van der Waals surface area contributed by atoms with Gasteiger partial charge in [-0.05, 0) is 0 Å². The smallest absolute Gasteiger partial charge is 0.742 e. The molecule has 0 unspecified atom stereocenters. The number of aromatic nitrogens is 1. The summed E-state index contributed by atoms with van der Waals surface area (Å²) in [6.07, 6.45) is 1.27. The van der Waals surface area contributed by atoms with Crippen LogP contribution in [0.1, 0.15) is 0 Å². The molecule has 0 aromatic carbocycles. The Labute approximate surface area is 84.3 Å². The van der Waals surface area contributed by atoms with E-state index >= 15 is 0 Å². The molecule has 0 saturated carbocycles. The van der Waals surface area contributed by atoms with E-state index in [1.165, 1.54) is 11.6 Å². The number of thiazole rings is 1. The molecule has 1 rings (SSSR count). The van der Waals surface area contributed by atoms with Crippen molar-refractivity contribution in [1.82, 2.24) is 4.98 Å².